The standard InChI is InChI=1S/C21H21Cl3N2O2/c22-7-8-26(21(27)28)20-4-2-1-3-15(20)17-11-25(14-5-6-14)12-18-16(17)9-13(23)10-19(18)24/h1-4,9-10,14,17H,5-8,11-12H2,(H,27,28). The Bertz CT molecular complexity index is 901. The van der Waals surface area contributed by atoms with Crippen molar-refractivity contribution >= 4 is 46.6 Å². The molecule has 1 amide bonds. The molecule has 148 valence electrons. The number of para-hydroxylation sites is 1. The van der Waals surface area contributed by atoms with Gasteiger partial charge in [-0.05, 0) is 47.7 Å². The van der Waals surface area contributed by atoms with Crippen LogP contribution in [0.1, 0.15) is 35.4 Å². The number of hydrogen-bond donors (Lipinski definition) is 1. The summed E-state index contributed by atoms with van der Waals surface area (Å²) in [6, 6.07) is 12.0. The molecule has 1 unspecified atom stereocenters. The van der Waals surface area contributed by atoms with Crippen LogP contribution in [0.3, 0.4) is 0 Å². The van der Waals surface area contributed by atoms with Gasteiger partial charge in [-0.3, -0.25) is 9.80 Å². The maximum atomic E-state index is 11.9. The molecule has 2 aromatic rings. The van der Waals surface area contributed by atoms with Crippen molar-refractivity contribution in [3.63, 3.8) is 0 Å². The van der Waals surface area contributed by atoms with E-state index in [1.807, 2.05) is 30.3 Å². The van der Waals surface area contributed by atoms with Crippen molar-refractivity contribution < 1.29 is 9.90 Å². The summed E-state index contributed by atoms with van der Waals surface area (Å²) < 4.78 is 0. The van der Waals surface area contributed by atoms with E-state index < -0.39 is 6.09 Å². The second-order valence-corrected chi connectivity index (χ2v) is 8.57. The van der Waals surface area contributed by atoms with E-state index >= 15 is 0 Å². The molecule has 4 nitrogen and oxygen atoms in total. The van der Waals surface area contributed by atoms with Crippen LogP contribution in [-0.2, 0) is 6.54 Å². The van der Waals surface area contributed by atoms with E-state index in [9.17, 15) is 9.90 Å². The molecule has 1 saturated carbocycles. The molecule has 4 rings (SSSR count). The van der Waals surface area contributed by atoms with Crippen molar-refractivity contribution in [1.82, 2.24) is 4.90 Å². The molecule has 7 heteroatoms. The predicted molar refractivity (Wildman–Crippen MR) is 114 cm³/mol. The van der Waals surface area contributed by atoms with Crippen LogP contribution >= 0.6 is 34.8 Å². The van der Waals surface area contributed by atoms with Crippen LogP contribution in [0.5, 0.6) is 0 Å². The van der Waals surface area contributed by atoms with Gasteiger partial charge in [0.05, 0.1) is 5.69 Å². The Kier molecular flexibility index (Phi) is 5.75. The van der Waals surface area contributed by atoms with Crippen molar-refractivity contribution in [2.24, 2.45) is 0 Å². The Balaban J connectivity index is 1.84. The summed E-state index contributed by atoms with van der Waals surface area (Å²) in [6.07, 6.45) is 1.39. The summed E-state index contributed by atoms with van der Waals surface area (Å²) in [4.78, 5) is 15.7. The van der Waals surface area contributed by atoms with Crippen molar-refractivity contribution in [1.29, 1.82) is 0 Å². The van der Waals surface area contributed by atoms with E-state index in [1.165, 1.54) is 17.7 Å². The first kappa shape index (κ1) is 19.8. The first-order valence-electron chi connectivity index (χ1n) is 9.36. The molecule has 0 saturated heterocycles. The topological polar surface area (TPSA) is 43.8 Å². The summed E-state index contributed by atoms with van der Waals surface area (Å²) in [6.45, 7) is 1.86. The molecule has 1 N–H and O–H groups in total. The molecule has 28 heavy (non-hydrogen) atoms. The molecule has 1 heterocycles. The highest BCUT2D eigenvalue weighted by Gasteiger charge is 2.37. The van der Waals surface area contributed by atoms with Gasteiger partial charge in [0.1, 0.15) is 0 Å². The van der Waals surface area contributed by atoms with Gasteiger partial charge in [0.25, 0.3) is 0 Å². The van der Waals surface area contributed by atoms with Crippen molar-refractivity contribution in [3.05, 3.63) is 63.1 Å². The number of hydrogen-bond acceptors (Lipinski definition) is 2. The fraction of sp³-hybridized carbons (Fsp3) is 0.381. The number of amides is 1. The van der Waals surface area contributed by atoms with Crippen LogP contribution in [0.2, 0.25) is 10.0 Å². The molecular weight excluding hydrogens is 419 g/mol. The van der Waals surface area contributed by atoms with Gasteiger partial charge in [-0.2, -0.15) is 0 Å². The summed E-state index contributed by atoms with van der Waals surface area (Å²) in [7, 11) is 0. The number of halogens is 3. The van der Waals surface area contributed by atoms with Crippen LogP contribution < -0.4 is 4.90 Å². The molecule has 2 aromatic carbocycles. The van der Waals surface area contributed by atoms with Gasteiger partial charge in [0.15, 0.2) is 0 Å². The lowest BCUT2D eigenvalue weighted by atomic mass is 9.83. The Labute approximate surface area is 179 Å². The number of anilines is 1. The lowest BCUT2D eigenvalue weighted by Crippen LogP contribution is -2.37. The van der Waals surface area contributed by atoms with Crippen molar-refractivity contribution in [2.75, 3.05) is 23.9 Å². The minimum absolute atomic E-state index is 0.00562. The van der Waals surface area contributed by atoms with E-state index in [0.29, 0.717) is 21.8 Å². The van der Waals surface area contributed by atoms with Gasteiger partial charge < -0.3 is 5.11 Å². The average molecular weight is 440 g/mol. The smallest absolute Gasteiger partial charge is 0.411 e. The highest BCUT2D eigenvalue weighted by atomic mass is 35.5. The molecule has 1 aliphatic heterocycles. The maximum absolute atomic E-state index is 11.9. The van der Waals surface area contributed by atoms with Crippen LogP contribution in [0.4, 0.5) is 10.5 Å². The molecule has 1 aliphatic carbocycles. The molecule has 0 aromatic heterocycles. The van der Waals surface area contributed by atoms with Crippen LogP contribution in [0.15, 0.2) is 36.4 Å². The number of benzene rings is 2. The first-order chi connectivity index (χ1) is 13.5. The molecular formula is C21H21Cl3N2O2. The zero-order valence-electron chi connectivity index (χ0n) is 15.2. The summed E-state index contributed by atoms with van der Waals surface area (Å²) in [5, 5.41) is 11.0. The first-order valence-corrected chi connectivity index (χ1v) is 10.7. The zero-order valence-corrected chi connectivity index (χ0v) is 17.5. The van der Waals surface area contributed by atoms with E-state index in [1.54, 1.807) is 6.07 Å². The summed E-state index contributed by atoms with van der Waals surface area (Å²) in [5.74, 6) is 0.224. The second-order valence-electron chi connectivity index (χ2n) is 7.35. The van der Waals surface area contributed by atoms with Crippen LogP contribution in [0.25, 0.3) is 0 Å². The minimum Gasteiger partial charge on any atom is -0.465 e. The Morgan fingerprint density at radius 3 is 2.61 bits per heavy atom. The van der Waals surface area contributed by atoms with Crippen LogP contribution in [-0.4, -0.2) is 41.1 Å². The normalized spacial score (nSPS) is 19.3. The van der Waals surface area contributed by atoms with E-state index in [2.05, 4.69) is 4.90 Å². The van der Waals surface area contributed by atoms with E-state index in [-0.39, 0.29) is 18.3 Å². The second kappa shape index (κ2) is 8.11. The van der Waals surface area contributed by atoms with Crippen molar-refractivity contribution in [3.8, 4) is 0 Å². The molecule has 2 aliphatic rings. The average Bonchev–Trinajstić information content (AvgIpc) is 3.50. The lowest BCUT2D eigenvalue weighted by molar-refractivity contribution is 0.202. The van der Waals surface area contributed by atoms with Gasteiger partial charge in [-0.15, -0.1) is 11.6 Å². The Morgan fingerprint density at radius 1 is 1.18 bits per heavy atom. The molecule has 1 atom stereocenters. The monoisotopic (exact) mass is 438 g/mol. The predicted octanol–water partition coefficient (Wildman–Crippen LogP) is 5.83. The lowest BCUT2D eigenvalue weighted by Gasteiger charge is -2.37. The number of carboxylic acid groups (broad SMARTS) is 1. The maximum Gasteiger partial charge on any atom is 0.411 e. The highest BCUT2D eigenvalue weighted by Crippen LogP contribution is 2.44. The van der Waals surface area contributed by atoms with E-state index in [4.69, 9.17) is 34.8 Å². The highest BCUT2D eigenvalue weighted by molar-refractivity contribution is 6.35. The molecule has 0 bridgehead atoms. The largest absolute Gasteiger partial charge is 0.465 e. The Morgan fingerprint density at radius 2 is 1.93 bits per heavy atom. The van der Waals surface area contributed by atoms with Gasteiger partial charge in [-0.1, -0.05) is 41.4 Å². The molecule has 0 radical (unpaired) electrons. The quantitative estimate of drug-likeness (QED) is 0.596. The fourth-order valence-corrected chi connectivity index (χ4v) is 4.85. The fourth-order valence-electron chi connectivity index (χ4n) is 4.12. The van der Waals surface area contributed by atoms with E-state index in [0.717, 1.165) is 29.8 Å². The SMILES string of the molecule is O=C(O)N(CCCl)c1ccccc1C1CN(C2CC2)Cc2c(Cl)cc(Cl)cc21. The van der Waals surface area contributed by atoms with Gasteiger partial charge >= 0.3 is 6.09 Å². The van der Waals surface area contributed by atoms with Crippen molar-refractivity contribution in [2.45, 2.75) is 31.3 Å². The van der Waals surface area contributed by atoms with Crippen LogP contribution in [0, 0.1) is 0 Å². The number of fused-ring (bicyclic) bond motifs is 1. The minimum atomic E-state index is -1.01. The third-order valence-electron chi connectivity index (χ3n) is 5.55. The number of nitrogens with zero attached hydrogens (tertiary/aromatic N) is 2. The number of carbonyl (C=O) groups is 1. The molecule has 0 spiro atoms. The number of rotatable bonds is 5. The summed E-state index contributed by atoms with van der Waals surface area (Å²) >= 11 is 18.8. The summed E-state index contributed by atoms with van der Waals surface area (Å²) in [5.41, 5.74) is 3.79. The third kappa shape index (κ3) is 3.84. The number of alkyl halides is 1. The van der Waals surface area contributed by atoms with Gasteiger partial charge in [-0.25, -0.2) is 4.79 Å². The zero-order chi connectivity index (χ0) is 19.8. The molecule has 1 fully saturated rings. The third-order valence-corrected chi connectivity index (χ3v) is 6.28. The van der Waals surface area contributed by atoms with Gasteiger partial charge in [0, 0.05) is 47.5 Å². The Hall–Kier alpha value is -1.46. The van der Waals surface area contributed by atoms with Gasteiger partial charge in [0.2, 0.25) is 0 Å².